The van der Waals surface area contributed by atoms with E-state index in [4.69, 9.17) is 22.5 Å². The summed E-state index contributed by atoms with van der Waals surface area (Å²) in [5.74, 6) is 1.16. The number of benzene rings is 1. The van der Waals surface area contributed by atoms with Gasteiger partial charge in [0.25, 0.3) is 0 Å². The summed E-state index contributed by atoms with van der Waals surface area (Å²) in [5.41, 5.74) is 2.21. The zero-order valence-electron chi connectivity index (χ0n) is 10.6. The molecular weight excluding hydrogens is 265 g/mol. The molecule has 2 aromatic rings. The molecule has 91 valence electrons. The van der Waals surface area contributed by atoms with E-state index in [0.717, 1.165) is 33.3 Å². The number of nitrogens with zero attached hydrogens (tertiary/aromatic N) is 2. The van der Waals surface area contributed by atoms with Crippen LogP contribution in [0.2, 0.25) is 0 Å². The third-order valence-electron chi connectivity index (χ3n) is 2.65. The molecule has 0 bridgehead atoms. The maximum absolute atomic E-state index is 12.0. The molecule has 1 aromatic carbocycles. The molecule has 3 radical (unpaired) electrons. The molecule has 2 rings (SSSR count). The van der Waals surface area contributed by atoms with Crippen LogP contribution in [-0.2, 0) is 0 Å². The van der Waals surface area contributed by atoms with Crippen LogP contribution in [0.25, 0.3) is 11.3 Å². The van der Waals surface area contributed by atoms with E-state index in [9.17, 15) is 4.79 Å². The van der Waals surface area contributed by atoms with Crippen LogP contribution in [-0.4, -0.2) is 56.4 Å². The summed E-state index contributed by atoms with van der Waals surface area (Å²) in [5, 5.41) is 2.66. The SMILES string of the molecule is [B]=Cc1nc(-c2ccc(C(=O)N(C=[B])C=[B])cc2)cs1. The van der Waals surface area contributed by atoms with Gasteiger partial charge in [0, 0.05) is 0 Å². The Morgan fingerprint density at radius 2 is 1.80 bits per heavy atom. The molecular formula is C13H8B3N2OS. The third kappa shape index (κ3) is 2.99. The summed E-state index contributed by atoms with van der Waals surface area (Å²) in [4.78, 5) is 17.4. The minimum atomic E-state index is -0.296. The minimum absolute atomic E-state index is 0.296. The Balaban J connectivity index is 2.25. The zero-order chi connectivity index (χ0) is 14.5. The second-order valence-electron chi connectivity index (χ2n) is 3.83. The van der Waals surface area contributed by atoms with Crippen LogP contribution in [0.3, 0.4) is 0 Å². The van der Waals surface area contributed by atoms with E-state index >= 15 is 0 Å². The van der Waals surface area contributed by atoms with E-state index in [-0.39, 0.29) is 5.91 Å². The first-order valence-electron chi connectivity index (χ1n) is 5.73. The van der Waals surface area contributed by atoms with Gasteiger partial charge in [0.2, 0.25) is 0 Å². The monoisotopic (exact) mass is 273 g/mol. The van der Waals surface area contributed by atoms with Crippen LogP contribution in [0.1, 0.15) is 15.4 Å². The van der Waals surface area contributed by atoms with Crippen LogP contribution in [0.5, 0.6) is 0 Å². The van der Waals surface area contributed by atoms with Gasteiger partial charge in [0.15, 0.2) is 0 Å². The molecule has 0 N–H and O–H groups in total. The number of thiazole rings is 1. The zero-order valence-corrected chi connectivity index (χ0v) is 11.4. The Labute approximate surface area is 124 Å². The molecule has 3 nitrogen and oxygen atoms in total. The second kappa shape index (κ2) is 6.52. The second-order valence-corrected chi connectivity index (χ2v) is 4.72. The predicted molar refractivity (Wildman–Crippen MR) is 88.3 cm³/mol. The fraction of sp³-hybridized carbons (Fsp3) is 0. The Morgan fingerprint density at radius 1 is 1.15 bits per heavy atom. The van der Waals surface area contributed by atoms with E-state index in [2.05, 4.69) is 4.98 Å². The molecule has 0 aliphatic carbocycles. The fourth-order valence-corrected chi connectivity index (χ4v) is 2.27. The van der Waals surface area contributed by atoms with Gasteiger partial charge in [-0.25, -0.2) is 0 Å². The molecule has 0 saturated heterocycles. The van der Waals surface area contributed by atoms with Crippen molar-refractivity contribution in [1.29, 1.82) is 0 Å². The number of amides is 1. The van der Waals surface area contributed by atoms with Gasteiger partial charge in [0.05, 0.1) is 0 Å². The van der Waals surface area contributed by atoms with Gasteiger partial charge in [-0.15, -0.1) is 0 Å². The molecule has 0 fully saturated rings. The molecule has 1 aromatic heterocycles. The normalized spacial score (nSPS) is 9.65. The van der Waals surface area contributed by atoms with Crippen molar-refractivity contribution < 1.29 is 4.79 Å². The quantitative estimate of drug-likeness (QED) is 0.740. The fourth-order valence-electron chi connectivity index (χ4n) is 1.61. The molecule has 0 spiro atoms. The van der Waals surface area contributed by atoms with Crippen LogP contribution < -0.4 is 0 Å². The number of rotatable bonds is 5. The van der Waals surface area contributed by atoms with E-state index in [1.54, 1.807) is 12.1 Å². The molecule has 0 atom stereocenters. The van der Waals surface area contributed by atoms with Gasteiger partial charge >= 0.3 is 124 Å². The number of hydrogen-bond acceptors (Lipinski definition) is 3. The van der Waals surface area contributed by atoms with Gasteiger partial charge in [0.1, 0.15) is 0 Å². The Kier molecular flexibility index (Phi) is 4.74. The maximum atomic E-state index is 12.0. The average Bonchev–Trinajstić information content (AvgIpc) is 2.97. The van der Waals surface area contributed by atoms with Crippen molar-refractivity contribution in [2.75, 3.05) is 0 Å². The van der Waals surface area contributed by atoms with E-state index in [0.29, 0.717) is 5.56 Å². The van der Waals surface area contributed by atoms with Crippen molar-refractivity contribution in [3.05, 3.63) is 40.2 Å². The summed E-state index contributed by atoms with van der Waals surface area (Å²) in [6.45, 7) is 0. The van der Waals surface area contributed by atoms with Crippen molar-refractivity contribution in [2.24, 2.45) is 0 Å². The Morgan fingerprint density at radius 3 is 2.30 bits per heavy atom. The van der Waals surface area contributed by atoms with E-state index in [1.807, 2.05) is 17.5 Å². The summed E-state index contributed by atoms with van der Waals surface area (Å²) in [6.07, 6.45) is 2.22. The summed E-state index contributed by atoms with van der Waals surface area (Å²) < 4.78 is 0. The average molecular weight is 273 g/mol. The number of hydrogen-bond donors (Lipinski definition) is 0. The first-order valence-corrected chi connectivity index (χ1v) is 6.61. The van der Waals surface area contributed by atoms with Crippen molar-refractivity contribution in [3.63, 3.8) is 0 Å². The van der Waals surface area contributed by atoms with Gasteiger partial charge in [-0.2, -0.15) is 0 Å². The molecule has 0 aliphatic heterocycles. The van der Waals surface area contributed by atoms with Gasteiger partial charge in [-0.1, -0.05) is 0 Å². The molecule has 7 heteroatoms. The molecule has 1 amide bonds. The molecule has 1 heterocycles. The Bertz CT molecular complexity index is 659. The molecule has 20 heavy (non-hydrogen) atoms. The number of carbonyl (C=O) groups excluding carboxylic acids is 1. The summed E-state index contributed by atoms with van der Waals surface area (Å²) >= 11 is 1.46. The standard InChI is InChI=1S/C13H8B3N2OS/c14-5-12-17-11(6-20-12)9-1-3-10(4-2-9)13(19)18(7-15)8-16/h1-8H. The summed E-state index contributed by atoms with van der Waals surface area (Å²) in [7, 11) is 16.0. The van der Waals surface area contributed by atoms with Crippen LogP contribution >= 0.6 is 11.3 Å². The van der Waals surface area contributed by atoms with Crippen molar-refractivity contribution in [2.45, 2.75) is 0 Å². The Hall–Kier alpha value is -1.88. The third-order valence-corrected chi connectivity index (χ3v) is 3.46. The van der Waals surface area contributed by atoms with Crippen LogP contribution in [0.15, 0.2) is 29.6 Å². The van der Waals surface area contributed by atoms with Gasteiger partial charge < -0.3 is 0 Å². The van der Waals surface area contributed by atoms with E-state index in [1.165, 1.54) is 17.3 Å². The first kappa shape index (κ1) is 14.5. The van der Waals surface area contributed by atoms with Crippen molar-refractivity contribution >= 4 is 57.9 Å². The number of carbonyl (C=O) groups is 1. The molecule has 0 saturated carbocycles. The topological polar surface area (TPSA) is 33.2 Å². The first-order chi connectivity index (χ1) is 9.69. The molecule has 0 aliphatic rings. The van der Waals surface area contributed by atoms with Crippen LogP contribution in [0.4, 0.5) is 0 Å². The van der Waals surface area contributed by atoms with Crippen molar-refractivity contribution in [1.82, 2.24) is 9.88 Å². The van der Waals surface area contributed by atoms with E-state index < -0.39 is 0 Å². The number of aromatic nitrogens is 1. The van der Waals surface area contributed by atoms with Gasteiger partial charge in [-0.3, -0.25) is 0 Å². The van der Waals surface area contributed by atoms with Crippen molar-refractivity contribution in [3.8, 4) is 11.3 Å². The predicted octanol–water partition coefficient (Wildman–Crippen LogP) is 0.427. The van der Waals surface area contributed by atoms with Gasteiger partial charge in [-0.05, 0) is 0 Å². The summed E-state index contributed by atoms with van der Waals surface area (Å²) in [6, 6.07) is 7.02. The van der Waals surface area contributed by atoms with Crippen LogP contribution in [0, 0.1) is 0 Å². The molecule has 0 unspecified atom stereocenters.